The molecule has 0 heterocycles. The van der Waals surface area contributed by atoms with Crippen LogP contribution in [0.5, 0.6) is 0 Å². The van der Waals surface area contributed by atoms with E-state index < -0.39 is 5.97 Å². The molecular formula is C14H14I3O4-. The highest BCUT2D eigenvalue weighted by Gasteiger charge is 2.14. The zero-order chi connectivity index (χ0) is 15.8. The number of carbonyl (C=O) groups is 2. The van der Waals surface area contributed by atoms with Crippen molar-refractivity contribution in [2.75, 3.05) is 6.61 Å². The standard InChI is InChI=1S/C14H15I3O4/c15-9-7-10(13(17)11(16)8-9)14(20)21-6-4-2-1-3-5-12(18)19/h7-8H,1-6H2,(H,18,19)/p-1. The summed E-state index contributed by atoms with van der Waals surface area (Å²) in [6, 6.07) is 3.84. The average Bonchev–Trinajstić information content (AvgIpc) is 2.41. The molecule has 0 saturated heterocycles. The number of rotatable bonds is 8. The van der Waals surface area contributed by atoms with Gasteiger partial charge in [0.15, 0.2) is 0 Å². The zero-order valence-corrected chi connectivity index (χ0v) is 17.6. The van der Waals surface area contributed by atoms with Crippen LogP contribution in [0.2, 0.25) is 0 Å². The maximum Gasteiger partial charge on any atom is 0.339 e. The fourth-order valence-electron chi connectivity index (χ4n) is 1.67. The molecule has 0 aliphatic carbocycles. The average molecular weight is 627 g/mol. The molecule has 116 valence electrons. The van der Waals surface area contributed by atoms with Crippen LogP contribution in [0.1, 0.15) is 42.5 Å². The summed E-state index contributed by atoms with van der Waals surface area (Å²) >= 11 is 6.53. The number of hydrogen-bond donors (Lipinski definition) is 0. The molecule has 1 aromatic carbocycles. The number of esters is 1. The molecule has 0 atom stereocenters. The number of unbranched alkanes of at least 4 members (excludes halogenated alkanes) is 3. The van der Waals surface area contributed by atoms with Gasteiger partial charge in [-0.15, -0.1) is 0 Å². The Kier molecular flexibility index (Phi) is 9.41. The highest BCUT2D eigenvalue weighted by atomic mass is 127. The van der Waals surface area contributed by atoms with Gasteiger partial charge in [0.2, 0.25) is 0 Å². The lowest BCUT2D eigenvalue weighted by Gasteiger charge is -2.08. The summed E-state index contributed by atoms with van der Waals surface area (Å²) in [4.78, 5) is 22.3. The fourth-order valence-corrected chi connectivity index (χ4v) is 4.05. The lowest BCUT2D eigenvalue weighted by Crippen LogP contribution is -2.21. The number of hydrogen-bond acceptors (Lipinski definition) is 4. The summed E-state index contributed by atoms with van der Waals surface area (Å²) in [5.74, 6) is -1.31. The second-order valence-electron chi connectivity index (χ2n) is 4.42. The molecule has 21 heavy (non-hydrogen) atoms. The molecule has 0 saturated carbocycles. The van der Waals surface area contributed by atoms with Crippen LogP contribution in [-0.4, -0.2) is 18.5 Å². The Hall–Kier alpha value is 0.350. The highest BCUT2D eigenvalue weighted by molar-refractivity contribution is 14.1. The second kappa shape index (κ2) is 10.2. The minimum absolute atomic E-state index is 0.0961. The van der Waals surface area contributed by atoms with E-state index in [0.717, 1.165) is 30.0 Å². The molecule has 7 heteroatoms. The number of carboxylic acid groups (broad SMARTS) is 1. The van der Waals surface area contributed by atoms with Crippen molar-refractivity contribution in [1.29, 1.82) is 0 Å². The monoisotopic (exact) mass is 627 g/mol. The van der Waals surface area contributed by atoms with Gasteiger partial charge in [0.05, 0.1) is 12.2 Å². The van der Waals surface area contributed by atoms with Crippen LogP contribution in [0, 0.1) is 10.7 Å². The number of aliphatic carboxylic acids is 1. The molecular weight excluding hydrogens is 613 g/mol. The molecule has 0 aromatic heterocycles. The number of carbonyl (C=O) groups excluding carboxylic acids is 2. The van der Waals surface area contributed by atoms with Gasteiger partial charge in [-0.2, -0.15) is 0 Å². The van der Waals surface area contributed by atoms with Gasteiger partial charge < -0.3 is 14.6 Å². The number of benzene rings is 1. The van der Waals surface area contributed by atoms with E-state index in [2.05, 4.69) is 67.8 Å². The topological polar surface area (TPSA) is 66.4 Å². The summed E-state index contributed by atoms with van der Waals surface area (Å²) < 4.78 is 8.22. The van der Waals surface area contributed by atoms with Crippen LogP contribution in [0.15, 0.2) is 12.1 Å². The zero-order valence-electron chi connectivity index (χ0n) is 11.2. The van der Waals surface area contributed by atoms with Gasteiger partial charge in [0.1, 0.15) is 0 Å². The quantitative estimate of drug-likeness (QED) is 0.192. The summed E-state index contributed by atoms with van der Waals surface area (Å²) in [6.45, 7) is 0.363. The predicted molar refractivity (Wildman–Crippen MR) is 103 cm³/mol. The Balaban J connectivity index is 2.33. The highest BCUT2D eigenvalue weighted by Crippen LogP contribution is 2.23. The van der Waals surface area contributed by atoms with Gasteiger partial charge >= 0.3 is 5.97 Å². The van der Waals surface area contributed by atoms with E-state index in [4.69, 9.17) is 4.74 Å². The van der Waals surface area contributed by atoms with Crippen molar-refractivity contribution in [3.63, 3.8) is 0 Å². The van der Waals surface area contributed by atoms with Gasteiger partial charge in [0, 0.05) is 16.7 Å². The van der Waals surface area contributed by atoms with Crippen LogP contribution in [-0.2, 0) is 9.53 Å². The minimum atomic E-state index is -1.01. The molecule has 1 aromatic rings. The molecule has 0 amide bonds. The van der Waals surface area contributed by atoms with Gasteiger partial charge in [-0.25, -0.2) is 4.79 Å². The van der Waals surface area contributed by atoms with E-state index in [-0.39, 0.29) is 12.4 Å². The maximum absolute atomic E-state index is 12.0. The fraction of sp³-hybridized carbons (Fsp3) is 0.429. The summed E-state index contributed by atoms with van der Waals surface area (Å²) in [5, 5.41) is 10.2. The predicted octanol–water partition coefficient (Wildman–Crippen LogP) is 3.36. The Morgan fingerprint density at radius 2 is 1.71 bits per heavy atom. The molecule has 1 rings (SSSR count). The Morgan fingerprint density at radius 3 is 2.38 bits per heavy atom. The van der Waals surface area contributed by atoms with Crippen LogP contribution < -0.4 is 5.11 Å². The molecule has 0 bridgehead atoms. The van der Waals surface area contributed by atoms with Crippen LogP contribution >= 0.6 is 67.8 Å². The van der Waals surface area contributed by atoms with Crippen LogP contribution in [0.25, 0.3) is 0 Å². The van der Waals surface area contributed by atoms with E-state index in [1.807, 2.05) is 12.1 Å². The Labute approximate surface area is 164 Å². The SMILES string of the molecule is O=C([O-])CCCCCCOC(=O)c1cc(I)cc(I)c1I. The summed E-state index contributed by atoms with van der Waals surface area (Å²) in [6.07, 6.45) is 3.12. The first-order chi connectivity index (χ1) is 9.91. The van der Waals surface area contributed by atoms with Crippen LogP contribution in [0.3, 0.4) is 0 Å². The van der Waals surface area contributed by atoms with E-state index >= 15 is 0 Å². The van der Waals surface area contributed by atoms with Gasteiger partial charge in [-0.1, -0.05) is 12.8 Å². The summed E-state index contributed by atoms with van der Waals surface area (Å²) in [7, 11) is 0. The molecule has 0 radical (unpaired) electrons. The lowest BCUT2D eigenvalue weighted by molar-refractivity contribution is -0.305. The maximum atomic E-state index is 12.0. The van der Waals surface area contributed by atoms with Gasteiger partial charge in [-0.3, -0.25) is 0 Å². The van der Waals surface area contributed by atoms with E-state index in [1.54, 1.807) is 0 Å². The van der Waals surface area contributed by atoms with Crippen molar-refractivity contribution < 1.29 is 19.4 Å². The third-order valence-corrected chi connectivity index (χ3v) is 6.39. The molecule has 0 aliphatic heterocycles. The van der Waals surface area contributed by atoms with Crippen molar-refractivity contribution in [3.8, 4) is 0 Å². The van der Waals surface area contributed by atoms with Crippen LogP contribution in [0.4, 0.5) is 0 Å². The van der Waals surface area contributed by atoms with Crippen molar-refractivity contribution >= 4 is 79.7 Å². The first-order valence-corrected chi connectivity index (χ1v) is 9.67. The smallest absolute Gasteiger partial charge is 0.339 e. The number of ether oxygens (including phenoxy) is 1. The molecule has 0 N–H and O–H groups in total. The molecule has 0 fully saturated rings. The van der Waals surface area contributed by atoms with Crippen molar-refractivity contribution in [2.45, 2.75) is 32.1 Å². The third-order valence-electron chi connectivity index (χ3n) is 2.72. The van der Waals surface area contributed by atoms with E-state index in [0.29, 0.717) is 18.6 Å². The number of halogens is 3. The first-order valence-electron chi connectivity index (χ1n) is 6.43. The van der Waals surface area contributed by atoms with Gasteiger partial charge in [0.25, 0.3) is 0 Å². The molecule has 0 aliphatic rings. The normalized spacial score (nSPS) is 10.4. The Morgan fingerprint density at radius 1 is 1.05 bits per heavy atom. The van der Waals surface area contributed by atoms with Crippen molar-refractivity contribution in [1.82, 2.24) is 0 Å². The Bertz CT molecular complexity index is 517. The second-order valence-corrected chi connectivity index (χ2v) is 7.91. The van der Waals surface area contributed by atoms with E-state index in [1.165, 1.54) is 0 Å². The van der Waals surface area contributed by atoms with Gasteiger partial charge in [-0.05, 0) is 99.2 Å². The number of carboxylic acids is 1. The van der Waals surface area contributed by atoms with Crippen molar-refractivity contribution in [3.05, 3.63) is 28.4 Å². The van der Waals surface area contributed by atoms with Crippen molar-refractivity contribution in [2.24, 2.45) is 0 Å². The third kappa shape index (κ3) is 7.44. The molecule has 4 nitrogen and oxygen atoms in total. The summed E-state index contributed by atoms with van der Waals surface area (Å²) in [5.41, 5.74) is 0.601. The molecule has 0 unspecified atom stereocenters. The lowest BCUT2D eigenvalue weighted by atomic mass is 10.1. The largest absolute Gasteiger partial charge is 0.550 e. The molecule has 0 spiro atoms. The first kappa shape index (κ1) is 19.4. The van der Waals surface area contributed by atoms with E-state index in [9.17, 15) is 14.7 Å². The minimum Gasteiger partial charge on any atom is -0.550 e.